The number of benzene rings is 1. The number of hydrogen-bond donors (Lipinski definition) is 1. The summed E-state index contributed by atoms with van der Waals surface area (Å²) in [6.45, 7) is 2.06. The number of aromatic nitrogens is 1. The molecule has 1 fully saturated rings. The minimum atomic E-state index is -0.434. The summed E-state index contributed by atoms with van der Waals surface area (Å²) in [6, 6.07) is 10.0. The van der Waals surface area contributed by atoms with Crippen LogP contribution < -0.4 is 0 Å². The van der Waals surface area contributed by atoms with Crippen molar-refractivity contribution in [1.82, 2.24) is 4.98 Å². The van der Waals surface area contributed by atoms with Gasteiger partial charge in [0.15, 0.2) is 0 Å². The van der Waals surface area contributed by atoms with Gasteiger partial charge in [-0.15, -0.1) is 0 Å². The van der Waals surface area contributed by atoms with Crippen LogP contribution >= 0.6 is 0 Å². The van der Waals surface area contributed by atoms with E-state index < -0.39 is 6.10 Å². The van der Waals surface area contributed by atoms with Crippen LogP contribution in [-0.4, -0.2) is 28.4 Å². The van der Waals surface area contributed by atoms with Crippen molar-refractivity contribution in [1.29, 1.82) is 0 Å². The van der Waals surface area contributed by atoms with Crippen LogP contribution in [0.2, 0.25) is 0 Å². The molecule has 2 aromatic rings. The van der Waals surface area contributed by atoms with Crippen LogP contribution in [0.5, 0.6) is 0 Å². The third-order valence-corrected chi connectivity index (χ3v) is 3.86. The number of pyridine rings is 1. The summed E-state index contributed by atoms with van der Waals surface area (Å²) in [6.07, 6.45) is 4.24. The molecule has 3 rings (SSSR count). The molecule has 1 aliphatic heterocycles. The summed E-state index contributed by atoms with van der Waals surface area (Å²) >= 11 is 0. The topological polar surface area (TPSA) is 42.4 Å². The van der Waals surface area contributed by atoms with Crippen LogP contribution in [0.1, 0.15) is 25.3 Å². The highest BCUT2D eigenvalue weighted by atomic mass is 16.5. The van der Waals surface area contributed by atoms with Gasteiger partial charge >= 0.3 is 0 Å². The molecule has 3 atom stereocenters. The highest BCUT2D eigenvalue weighted by molar-refractivity contribution is 5.81. The summed E-state index contributed by atoms with van der Waals surface area (Å²) in [5.74, 6) is 0. The van der Waals surface area contributed by atoms with Crippen LogP contribution in [0.25, 0.3) is 10.9 Å². The molecule has 3 unspecified atom stereocenters. The minimum absolute atomic E-state index is 0.0260. The molecule has 0 amide bonds. The standard InChI is InChI=1S/C16H19NO2/c1-11-6-7-16(19-11)15(18)10-12-8-9-17-14-5-3-2-4-13(12)14/h2-5,8-9,11,15-16,18H,6-7,10H2,1H3. The highest BCUT2D eigenvalue weighted by Crippen LogP contribution is 2.25. The Morgan fingerprint density at radius 1 is 1.32 bits per heavy atom. The summed E-state index contributed by atoms with van der Waals surface area (Å²) in [5, 5.41) is 11.5. The summed E-state index contributed by atoms with van der Waals surface area (Å²) < 4.78 is 5.74. The van der Waals surface area contributed by atoms with E-state index >= 15 is 0 Å². The van der Waals surface area contributed by atoms with E-state index in [1.54, 1.807) is 0 Å². The van der Waals surface area contributed by atoms with Gasteiger partial charge < -0.3 is 9.84 Å². The number of para-hydroxylation sites is 1. The fourth-order valence-corrected chi connectivity index (χ4v) is 2.81. The van der Waals surface area contributed by atoms with Crippen molar-refractivity contribution in [2.24, 2.45) is 0 Å². The molecule has 1 saturated heterocycles. The average Bonchev–Trinajstić information content (AvgIpc) is 2.86. The zero-order valence-electron chi connectivity index (χ0n) is 11.1. The lowest BCUT2D eigenvalue weighted by atomic mass is 9.99. The monoisotopic (exact) mass is 257 g/mol. The first-order chi connectivity index (χ1) is 9.24. The fourth-order valence-electron chi connectivity index (χ4n) is 2.81. The number of aliphatic hydroxyl groups is 1. The zero-order valence-corrected chi connectivity index (χ0v) is 11.1. The lowest BCUT2D eigenvalue weighted by Crippen LogP contribution is -2.28. The Morgan fingerprint density at radius 2 is 2.16 bits per heavy atom. The van der Waals surface area contributed by atoms with E-state index in [0.29, 0.717) is 6.42 Å². The van der Waals surface area contributed by atoms with Crippen molar-refractivity contribution in [3.63, 3.8) is 0 Å². The van der Waals surface area contributed by atoms with Gasteiger partial charge in [0.1, 0.15) is 0 Å². The number of nitrogens with zero attached hydrogens (tertiary/aromatic N) is 1. The van der Waals surface area contributed by atoms with Gasteiger partial charge in [-0.3, -0.25) is 4.98 Å². The van der Waals surface area contributed by atoms with Crippen molar-refractivity contribution in [3.8, 4) is 0 Å². The smallest absolute Gasteiger partial charge is 0.0842 e. The quantitative estimate of drug-likeness (QED) is 0.919. The fraction of sp³-hybridized carbons (Fsp3) is 0.438. The molecule has 0 bridgehead atoms. The minimum Gasteiger partial charge on any atom is -0.390 e. The molecular weight excluding hydrogens is 238 g/mol. The third kappa shape index (κ3) is 2.62. The van der Waals surface area contributed by atoms with Gasteiger partial charge in [0.2, 0.25) is 0 Å². The van der Waals surface area contributed by atoms with Gasteiger partial charge in [-0.05, 0) is 37.5 Å². The van der Waals surface area contributed by atoms with Gasteiger partial charge in [0, 0.05) is 18.0 Å². The van der Waals surface area contributed by atoms with Crippen LogP contribution in [0.3, 0.4) is 0 Å². The molecule has 1 aliphatic rings. The Morgan fingerprint density at radius 3 is 2.95 bits per heavy atom. The molecule has 3 heteroatoms. The number of fused-ring (bicyclic) bond motifs is 1. The van der Waals surface area contributed by atoms with Gasteiger partial charge in [-0.1, -0.05) is 18.2 Å². The predicted octanol–water partition coefficient (Wildman–Crippen LogP) is 2.71. The SMILES string of the molecule is CC1CCC(C(O)Cc2ccnc3ccccc23)O1. The van der Waals surface area contributed by atoms with Crippen LogP contribution in [0.4, 0.5) is 0 Å². The molecule has 0 radical (unpaired) electrons. The van der Waals surface area contributed by atoms with Crippen molar-refractivity contribution >= 4 is 10.9 Å². The second-order valence-corrected chi connectivity index (χ2v) is 5.32. The van der Waals surface area contributed by atoms with Crippen molar-refractivity contribution in [3.05, 3.63) is 42.1 Å². The molecule has 1 aromatic heterocycles. The number of ether oxygens (including phenoxy) is 1. The van der Waals surface area contributed by atoms with E-state index in [4.69, 9.17) is 4.74 Å². The summed E-state index contributed by atoms with van der Waals surface area (Å²) in [4.78, 5) is 4.35. The number of hydrogen-bond acceptors (Lipinski definition) is 3. The Hall–Kier alpha value is -1.45. The van der Waals surface area contributed by atoms with E-state index in [9.17, 15) is 5.11 Å². The van der Waals surface area contributed by atoms with Crippen molar-refractivity contribution < 1.29 is 9.84 Å². The zero-order chi connectivity index (χ0) is 13.2. The second kappa shape index (κ2) is 5.27. The third-order valence-electron chi connectivity index (χ3n) is 3.86. The van der Waals surface area contributed by atoms with Crippen molar-refractivity contribution in [2.45, 2.75) is 44.5 Å². The van der Waals surface area contributed by atoms with E-state index in [1.807, 2.05) is 30.5 Å². The predicted molar refractivity (Wildman–Crippen MR) is 75.0 cm³/mol. The van der Waals surface area contributed by atoms with Gasteiger partial charge in [0.05, 0.1) is 23.8 Å². The highest BCUT2D eigenvalue weighted by Gasteiger charge is 2.28. The second-order valence-electron chi connectivity index (χ2n) is 5.32. The van der Waals surface area contributed by atoms with E-state index in [-0.39, 0.29) is 12.2 Å². The largest absolute Gasteiger partial charge is 0.390 e. The molecule has 1 N–H and O–H groups in total. The molecule has 19 heavy (non-hydrogen) atoms. The Kier molecular flexibility index (Phi) is 3.49. The number of aliphatic hydroxyl groups excluding tert-OH is 1. The molecular formula is C16H19NO2. The van der Waals surface area contributed by atoms with E-state index in [2.05, 4.69) is 18.0 Å². The Bertz CT molecular complexity index is 564. The van der Waals surface area contributed by atoms with Gasteiger partial charge in [-0.2, -0.15) is 0 Å². The Labute approximate surface area is 113 Å². The van der Waals surface area contributed by atoms with E-state index in [1.165, 1.54) is 0 Å². The van der Waals surface area contributed by atoms with Gasteiger partial charge in [0.25, 0.3) is 0 Å². The first-order valence-electron chi connectivity index (χ1n) is 6.90. The Balaban J connectivity index is 1.81. The molecule has 100 valence electrons. The molecule has 3 nitrogen and oxygen atoms in total. The first-order valence-corrected chi connectivity index (χ1v) is 6.90. The van der Waals surface area contributed by atoms with Gasteiger partial charge in [-0.25, -0.2) is 0 Å². The van der Waals surface area contributed by atoms with Crippen molar-refractivity contribution in [2.75, 3.05) is 0 Å². The van der Waals surface area contributed by atoms with Crippen LogP contribution in [0, 0.1) is 0 Å². The molecule has 1 aromatic carbocycles. The maximum Gasteiger partial charge on any atom is 0.0842 e. The summed E-state index contributed by atoms with van der Waals surface area (Å²) in [5.41, 5.74) is 2.12. The summed E-state index contributed by atoms with van der Waals surface area (Å²) in [7, 11) is 0. The number of rotatable bonds is 3. The van der Waals surface area contributed by atoms with E-state index in [0.717, 1.165) is 29.3 Å². The molecule has 2 heterocycles. The molecule has 0 spiro atoms. The first kappa shape index (κ1) is 12.6. The lowest BCUT2D eigenvalue weighted by molar-refractivity contribution is -0.0277. The normalized spacial score (nSPS) is 24.7. The maximum atomic E-state index is 10.3. The van der Waals surface area contributed by atoms with Crippen LogP contribution in [-0.2, 0) is 11.2 Å². The lowest BCUT2D eigenvalue weighted by Gasteiger charge is -2.19. The van der Waals surface area contributed by atoms with Crippen LogP contribution in [0.15, 0.2) is 36.5 Å². The average molecular weight is 257 g/mol. The maximum absolute atomic E-state index is 10.3. The molecule has 0 saturated carbocycles. The molecule has 0 aliphatic carbocycles.